The molecule has 0 saturated heterocycles. The van der Waals surface area contributed by atoms with Crippen molar-refractivity contribution < 1.29 is 14.3 Å². The Kier molecular flexibility index (Phi) is 6.15. The summed E-state index contributed by atoms with van der Waals surface area (Å²) in [5, 5.41) is 11.8. The number of hydrogen-bond donors (Lipinski definition) is 2. The van der Waals surface area contributed by atoms with Crippen LogP contribution in [-0.2, 0) is 0 Å². The number of rotatable bonds is 6. The van der Waals surface area contributed by atoms with E-state index in [4.69, 9.17) is 5.11 Å². The Bertz CT molecular complexity index is 406. The van der Waals surface area contributed by atoms with E-state index in [2.05, 4.69) is 5.32 Å². The predicted molar refractivity (Wildman–Crippen MR) is 72.5 cm³/mol. The van der Waals surface area contributed by atoms with Gasteiger partial charge in [-0.1, -0.05) is 0 Å². The van der Waals surface area contributed by atoms with E-state index in [1.807, 2.05) is 6.26 Å². The normalized spacial score (nSPS) is 12.2. The monoisotopic (exact) mass is 271 g/mol. The highest BCUT2D eigenvalue weighted by atomic mass is 32.2. The van der Waals surface area contributed by atoms with E-state index in [0.29, 0.717) is 17.5 Å². The van der Waals surface area contributed by atoms with Gasteiger partial charge in [-0.15, -0.1) is 0 Å². The third-order valence-electron chi connectivity index (χ3n) is 2.61. The van der Waals surface area contributed by atoms with Crippen LogP contribution in [0, 0.1) is 12.7 Å². The van der Waals surface area contributed by atoms with Crippen LogP contribution in [0.3, 0.4) is 0 Å². The average Bonchev–Trinajstić information content (AvgIpc) is 2.29. The molecular weight excluding hydrogens is 253 g/mol. The number of nitrogens with one attached hydrogen (secondary N) is 1. The van der Waals surface area contributed by atoms with Gasteiger partial charge in [0.05, 0.1) is 0 Å². The van der Waals surface area contributed by atoms with Gasteiger partial charge in [0.15, 0.2) is 0 Å². The van der Waals surface area contributed by atoms with Gasteiger partial charge in [-0.2, -0.15) is 11.8 Å². The standard InChI is InChI=1S/C13H18FNO2S/c1-9-7-10(14)3-4-12(9)13(17)15-11(5-6-16)8-18-2/h3-4,7,11,16H,5-6,8H2,1-2H3,(H,15,17)/t11-/m1/s1. The number of amides is 1. The molecule has 100 valence electrons. The largest absolute Gasteiger partial charge is 0.396 e. The van der Waals surface area contributed by atoms with Gasteiger partial charge in [-0.25, -0.2) is 4.39 Å². The zero-order valence-corrected chi connectivity index (χ0v) is 11.4. The Labute approximate surface area is 111 Å². The molecule has 0 aliphatic carbocycles. The lowest BCUT2D eigenvalue weighted by molar-refractivity contribution is 0.0934. The third kappa shape index (κ3) is 4.31. The van der Waals surface area contributed by atoms with Gasteiger partial charge < -0.3 is 10.4 Å². The number of aliphatic hydroxyl groups excluding tert-OH is 1. The summed E-state index contributed by atoms with van der Waals surface area (Å²) in [6.07, 6.45) is 2.46. The fourth-order valence-corrected chi connectivity index (χ4v) is 2.35. The maximum absolute atomic E-state index is 12.9. The summed E-state index contributed by atoms with van der Waals surface area (Å²) in [6.45, 7) is 1.74. The first-order chi connectivity index (χ1) is 8.58. The lowest BCUT2D eigenvalue weighted by Gasteiger charge is -2.17. The zero-order chi connectivity index (χ0) is 13.5. The van der Waals surface area contributed by atoms with Crippen LogP contribution in [0.4, 0.5) is 4.39 Å². The summed E-state index contributed by atoms with van der Waals surface area (Å²) in [5.74, 6) is 0.173. The second-order valence-electron chi connectivity index (χ2n) is 4.10. The molecule has 0 fully saturated rings. The van der Waals surface area contributed by atoms with Gasteiger partial charge in [0.1, 0.15) is 5.82 Å². The van der Waals surface area contributed by atoms with Gasteiger partial charge in [0, 0.05) is 24.0 Å². The molecule has 0 bridgehead atoms. The molecule has 0 aromatic heterocycles. The van der Waals surface area contributed by atoms with Crippen LogP contribution in [0.25, 0.3) is 0 Å². The van der Waals surface area contributed by atoms with Crippen molar-refractivity contribution in [1.82, 2.24) is 5.32 Å². The molecule has 0 aliphatic rings. The van der Waals surface area contributed by atoms with E-state index in [-0.39, 0.29) is 24.4 Å². The van der Waals surface area contributed by atoms with Crippen molar-refractivity contribution in [2.24, 2.45) is 0 Å². The first-order valence-electron chi connectivity index (χ1n) is 5.75. The Balaban J connectivity index is 2.73. The smallest absolute Gasteiger partial charge is 0.251 e. The number of aryl methyl sites for hydroxylation is 1. The second kappa shape index (κ2) is 7.38. The van der Waals surface area contributed by atoms with Gasteiger partial charge >= 0.3 is 0 Å². The highest BCUT2D eigenvalue weighted by molar-refractivity contribution is 7.98. The van der Waals surface area contributed by atoms with Gasteiger partial charge in [0.25, 0.3) is 5.91 Å². The topological polar surface area (TPSA) is 49.3 Å². The van der Waals surface area contributed by atoms with Crippen LogP contribution in [0.15, 0.2) is 18.2 Å². The molecule has 0 saturated carbocycles. The minimum Gasteiger partial charge on any atom is -0.396 e. The molecule has 0 radical (unpaired) electrons. The molecule has 0 aliphatic heterocycles. The van der Waals surface area contributed by atoms with Gasteiger partial charge in [0.2, 0.25) is 0 Å². The van der Waals surface area contributed by atoms with Crippen molar-refractivity contribution in [1.29, 1.82) is 0 Å². The molecule has 2 N–H and O–H groups in total. The number of carbonyl (C=O) groups excluding carboxylic acids is 1. The van der Waals surface area contributed by atoms with E-state index >= 15 is 0 Å². The summed E-state index contributed by atoms with van der Waals surface area (Å²) >= 11 is 1.61. The van der Waals surface area contributed by atoms with Crippen molar-refractivity contribution in [2.45, 2.75) is 19.4 Å². The Morgan fingerprint density at radius 1 is 1.56 bits per heavy atom. The van der Waals surface area contributed by atoms with Crippen LogP contribution in [0.5, 0.6) is 0 Å². The van der Waals surface area contributed by atoms with Crippen LogP contribution >= 0.6 is 11.8 Å². The van der Waals surface area contributed by atoms with Crippen molar-refractivity contribution >= 4 is 17.7 Å². The van der Waals surface area contributed by atoms with Crippen LogP contribution in [0.2, 0.25) is 0 Å². The zero-order valence-electron chi connectivity index (χ0n) is 10.6. The van der Waals surface area contributed by atoms with Crippen molar-refractivity contribution in [3.63, 3.8) is 0 Å². The van der Waals surface area contributed by atoms with Crippen molar-refractivity contribution in [2.75, 3.05) is 18.6 Å². The summed E-state index contributed by atoms with van der Waals surface area (Å²) in [4.78, 5) is 12.0. The van der Waals surface area contributed by atoms with E-state index in [0.717, 1.165) is 5.75 Å². The Morgan fingerprint density at radius 3 is 2.83 bits per heavy atom. The number of halogens is 1. The number of benzene rings is 1. The third-order valence-corrected chi connectivity index (χ3v) is 3.35. The summed E-state index contributed by atoms with van der Waals surface area (Å²) in [6, 6.07) is 4.03. The molecule has 0 spiro atoms. The summed E-state index contributed by atoms with van der Waals surface area (Å²) in [5.41, 5.74) is 1.08. The Morgan fingerprint density at radius 2 is 2.28 bits per heavy atom. The van der Waals surface area contributed by atoms with Crippen LogP contribution in [-0.4, -0.2) is 35.7 Å². The average molecular weight is 271 g/mol. The minimum absolute atomic E-state index is 0.0356. The molecule has 1 rings (SSSR count). The van der Waals surface area contributed by atoms with E-state index in [1.165, 1.54) is 18.2 Å². The van der Waals surface area contributed by atoms with Crippen LogP contribution < -0.4 is 5.32 Å². The Hall–Kier alpha value is -1.07. The lowest BCUT2D eigenvalue weighted by Crippen LogP contribution is -2.37. The molecule has 0 unspecified atom stereocenters. The number of thioether (sulfide) groups is 1. The molecule has 1 atom stereocenters. The molecule has 1 amide bonds. The number of carbonyl (C=O) groups is 1. The molecule has 5 heteroatoms. The van der Waals surface area contributed by atoms with E-state index in [1.54, 1.807) is 18.7 Å². The molecular formula is C13H18FNO2S. The number of aliphatic hydroxyl groups is 1. The fourth-order valence-electron chi connectivity index (χ4n) is 1.70. The van der Waals surface area contributed by atoms with Crippen molar-refractivity contribution in [3.05, 3.63) is 35.1 Å². The van der Waals surface area contributed by atoms with Crippen LogP contribution in [0.1, 0.15) is 22.3 Å². The first kappa shape index (κ1) is 15.0. The number of hydrogen-bond acceptors (Lipinski definition) is 3. The van der Waals surface area contributed by atoms with Crippen molar-refractivity contribution in [3.8, 4) is 0 Å². The molecule has 3 nitrogen and oxygen atoms in total. The molecule has 18 heavy (non-hydrogen) atoms. The maximum Gasteiger partial charge on any atom is 0.251 e. The highest BCUT2D eigenvalue weighted by Gasteiger charge is 2.14. The van der Waals surface area contributed by atoms with Gasteiger partial charge in [-0.05, 0) is 43.4 Å². The summed E-state index contributed by atoms with van der Waals surface area (Å²) in [7, 11) is 0. The van der Waals surface area contributed by atoms with E-state index < -0.39 is 0 Å². The van der Waals surface area contributed by atoms with Gasteiger partial charge in [-0.3, -0.25) is 4.79 Å². The second-order valence-corrected chi connectivity index (χ2v) is 5.01. The maximum atomic E-state index is 12.9. The lowest BCUT2D eigenvalue weighted by atomic mass is 10.1. The minimum atomic E-state index is -0.347. The fraction of sp³-hybridized carbons (Fsp3) is 0.462. The SMILES string of the molecule is CSC[C@@H](CCO)NC(=O)c1ccc(F)cc1C. The summed E-state index contributed by atoms with van der Waals surface area (Å²) < 4.78 is 12.9. The highest BCUT2D eigenvalue weighted by Crippen LogP contribution is 2.11. The molecule has 0 heterocycles. The van der Waals surface area contributed by atoms with E-state index in [9.17, 15) is 9.18 Å². The quantitative estimate of drug-likeness (QED) is 0.832. The molecule has 1 aromatic carbocycles. The first-order valence-corrected chi connectivity index (χ1v) is 7.14. The predicted octanol–water partition coefficient (Wildman–Crippen LogP) is 1.98. The molecule has 1 aromatic rings.